The number of nitrogen functional groups attached to an aromatic ring is 1. The van der Waals surface area contributed by atoms with Crippen molar-refractivity contribution in [2.45, 2.75) is 51.4 Å². The van der Waals surface area contributed by atoms with E-state index in [4.69, 9.17) is 10.5 Å². The number of nitrogens with one attached hydrogen (secondary N) is 1. The Morgan fingerprint density at radius 2 is 2.24 bits per heavy atom. The molecule has 2 fully saturated rings. The monoisotopic (exact) mass is 310 g/mol. The Bertz CT molecular complexity index is 553. The summed E-state index contributed by atoms with van der Waals surface area (Å²) in [5.74, 6) is 0.280. The van der Waals surface area contributed by atoms with E-state index in [0.717, 1.165) is 18.0 Å². The molecule has 21 heavy (non-hydrogen) atoms. The Hall–Kier alpha value is -1.34. The third-order valence-corrected chi connectivity index (χ3v) is 4.60. The fourth-order valence-corrected chi connectivity index (χ4v) is 3.63. The van der Waals surface area contributed by atoms with Crippen molar-refractivity contribution in [1.29, 1.82) is 0 Å². The van der Waals surface area contributed by atoms with Crippen molar-refractivity contribution in [3.05, 3.63) is 4.88 Å². The van der Waals surface area contributed by atoms with Gasteiger partial charge in [-0.05, 0) is 33.6 Å². The number of morpholine rings is 1. The van der Waals surface area contributed by atoms with Crippen LogP contribution < -0.4 is 11.1 Å². The molecule has 116 valence electrons. The molecule has 1 aromatic heterocycles. The van der Waals surface area contributed by atoms with Crippen LogP contribution in [0.15, 0.2) is 0 Å². The van der Waals surface area contributed by atoms with E-state index in [1.165, 1.54) is 11.3 Å². The smallest absolute Gasteiger partial charge is 0.268 e. The van der Waals surface area contributed by atoms with E-state index >= 15 is 0 Å². The molecule has 3 N–H and O–H groups in total. The standard InChI is InChI=1S/C14H22N4O2S/c1-8-6-18(7-14(2,3)20-8)12(19)10-11(15)17-13(21-10)16-9-4-5-9/h8-9H,4-7,15H2,1-3H3,(H,16,17). The molecule has 0 bridgehead atoms. The van der Waals surface area contributed by atoms with E-state index in [0.29, 0.717) is 29.8 Å². The van der Waals surface area contributed by atoms with E-state index < -0.39 is 0 Å². The lowest BCUT2D eigenvalue weighted by molar-refractivity contribution is -0.118. The summed E-state index contributed by atoms with van der Waals surface area (Å²) in [6.45, 7) is 7.14. The third kappa shape index (κ3) is 3.29. The lowest BCUT2D eigenvalue weighted by Gasteiger charge is -2.41. The second-order valence-electron chi connectivity index (χ2n) is 6.53. The molecular weight excluding hydrogens is 288 g/mol. The van der Waals surface area contributed by atoms with E-state index in [1.54, 1.807) is 0 Å². The fourth-order valence-electron chi connectivity index (χ4n) is 2.70. The average molecular weight is 310 g/mol. The minimum atomic E-state index is -0.331. The highest BCUT2D eigenvalue weighted by atomic mass is 32.1. The molecule has 1 amide bonds. The van der Waals surface area contributed by atoms with Gasteiger partial charge in [-0.1, -0.05) is 11.3 Å². The molecule has 3 rings (SSSR count). The van der Waals surface area contributed by atoms with Gasteiger partial charge in [0.15, 0.2) is 5.13 Å². The van der Waals surface area contributed by atoms with Gasteiger partial charge >= 0.3 is 0 Å². The van der Waals surface area contributed by atoms with Gasteiger partial charge in [0.25, 0.3) is 5.91 Å². The Balaban J connectivity index is 1.76. The van der Waals surface area contributed by atoms with Gasteiger partial charge in [-0.15, -0.1) is 0 Å². The van der Waals surface area contributed by atoms with E-state index in [-0.39, 0.29) is 17.6 Å². The number of carbonyl (C=O) groups excluding carboxylic acids is 1. The Morgan fingerprint density at radius 3 is 2.86 bits per heavy atom. The molecule has 2 heterocycles. The van der Waals surface area contributed by atoms with Crippen molar-refractivity contribution in [2.24, 2.45) is 0 Å². The summed E-state index contributed by atoms with van der Waals surface area (Å²) in [5.41, 5.74) is 5.60. The van der Waals surface area contributed by atoms with Crippen LogP contribution in [0.5, 0.6) is 0 Å². The number of thiazole rings is 1. The average Bonchev–Trinajstić information content (AvgIpc) is 3.08. The Labute approximate surface area is 128 Å². The first-order valence-corrected chi connectivity index (χ1v) is 8.15. The summed E-state index contributed by atoms with van der Waals surface area (Å²) in [7, 11) is 0. The number of aromatic nitrogens is 1. The molecule has 0 aromatic carbocycles. The van der Waals surface area contributed by atoms with Gasteiger partial charge in [0.05, 0.1) is 11.7 Å². The molecule has 7 heteroatoms. The summed E-state index contributed by atoms with van der Waals surface area (Å²) in [4.78, 5) is 19.3. The van der Waals surface area contributed by atoms with Crippen LogP contribution in [-0.4, -0.2) is 46.6 Å². The van der Waals surface area contributed by atoms with Gasteiger partial charge in [0, 0.05) is 19.1 Å². The molecule has 1 atom stereocenters. The zero-order chi connectivity index (χ0) is 15.2. The van der Waals surface area contributed by atoms with Gasteiger partial charge < -0.3 is 20.7 Å². The molecule has 6 nitrogen and oxygen atoms in total. The minimum Gasteiger partial charge on any atom is -0.382 e. The van der Waals surface area contributed by atoms with Crippen LogP contribution in [0.1, 0.15) is 43.3 Å². The number of hydrogen-bond acceptors (Lipinski definition) is 6. The maximum atomic E-state index is 12.7. The van der Waals surface area contributed by atoms with Gasteiger partial charge in [-0.3, -0.25) is 4.79 Å². The maximum absolute atomic E-state index is 12.7. The number of amides is 1. The van der Waals surface area contributed by atoms with Gasteiger partial charge in [0.2, 0.25) is 0 Å². The van der Waals surface area contributed by atoms with Crippen molar-refractivity contribution in [2.75, 3.05) is 24.1 Å². The number of rotatable bonds is 3. The normalized spacial score (nSPS) is 24.9. The second kappa shape index (κ2) is 5.14. The first kappa shape index (κ1) is 14.6. The molecule has 1 unspecified atom stereocenters. The number of hydrogen-bond donors (Lipinski definition) is 2. The number of nitrogens with zero attached hydrogens (tertiary/aromatic N) is 2. The zero-order valence-corrected chi connectivity index (χ0v) is 13.5. The van der Waals surface area contributed by atoms with Crippen LogP contribution in [-0.2, 0) is 4.74 Å². The number of nitrogens with two attached hydrogens (primary N) is 1. The summed E-state index contributed by atoms with van der Waals surface area (Å²) in [6, 6.07) is 0.501. The first-order valence-electron chi connectivity index (χ1n) is 7.34. The summed E-state index contributed by atoms with van der Waals surface area (Å²) in [5, 5.41) is 4.04. The van der Waals surface area contributed by atoms with Crippen molar-refractivity contribution in [3.63, 3.8) is 0 Å². The van der Waals surface area contributed by atoms with Crippen LogP contribution in [0, 0.1) is 0 Å². The van der Waals surface area contributed by atoms with Crippen LogP contribution in [0.4, 0.5) is 10.9 Å². The quantitative estimate of drug-likeness (QED) is 0.892. The second-order valence-corrected chi connectivity index (χ2v) is 7.52. The molecule has 1 aliphatic carbocycles. The SMILES string of the molecule is CC1CN(C(=O)c2sc(NC3CC3)nc2N)CC(C)(C)O1. The van der Waals surface area contributed by atoms with Crippen LogP contribution in [0.25, 0.3) is 0 Å². The molecule has 1 saturated heterocycles. The van der Waals surface area contributed by atoms with Crippen molar-refractivity contribution in [3.8, 4) is 0 Å². The van der Waals surface area contributed by atoms with Gasteiger partial charge in [0.1, 0.15) is 10.7 Å². The van der Waals surface area contributed by atoms with Crippen LogP contribution in [0.2, 0.25) is 0 Å². The molecule has 1 aliphatic heterocycles. The predicted octanol–water partition coefficient (Wildman–Crippen LogP) is 1.94. The molecule has 2 aliphatic rings. The highest BCUT2D eigenvalue weighted by Gasteiger charge is 2.35. The van der Waals surface area contributed by atoms with E-state index in [2.05, 4.69) is 10.3 Å². The molecule has 0 spiro atoms. The zero-order valence-electron chi connectivity index (χ0n) is 12.7. The number of ether oxygens (including phenoxy) is 1. The van der Waals surface area contributed by atoms with E-state index in [9.17, 15) is 4.79 Å². The highest BCUT2D eigenvalue weighted by molar-refractivity contribution is 7.18. The molecular formula is C14H22N4O2S. The van der Waals surface area contributed by atoms with Crippen molar-refractivity contribution in [1.82, 2.24) is 9.88 Å². The topological polar surface area (TPSA) is 80.5 Å². The Kier molecular flexibility index (Phi) is 3.57. The number of carbonyl (C=O) groups is 1. The summed E-state index contributed by atoms with van der Waals surface area (Å²) < 4.78 is 5.84. The molecule has 0 radical (unpaired) electrons. The van der Waals surface area contributed by atoms with E-state index in [1.807, 2.05) is 25.7 Å². The lowest BCUT2D eigenvalue weighted by Crippen LogP contribution is -2.53. The van der Waals surface area contributed by atoms with Crippen LogP contribution >= 0.6 is 11.3 Å². The summed E-state index contributed by atoms with van der Waals surface area (Å²) in [6.07, 6.45) is 2.35. The Morgan fingerprint density at radius 1 is 1.52 bits per heavy atom. The van der Waals surface area contributed by atoms with Crippen molar-refractivity contribution < 1.29 is 9.53 Å². The maximum Gasteiger partial charge on any atom is 0.268 e. The lowest BCUT2D eigenvalue weighted by atomic mass is 10.1. The third-order valence-electron chi connectivity index (χ3n) is 3.61. The summed E-state index contributed by atoms with van der Waals surface area (Å²) >= 11 is 1.35. The van der Waals surface area contributed by atoms with Crippen LogP contribution in [0.3, 0.4) is 0 Å². The van der Waals surface area contributed by atoms with Gasteiger partial charge in [-0.2, -0.15) is 0 Å². The van der Waals surface area contributed by atoms with Crippen molar-refractivity contribution >= 4 is 28.2 Å². The molecule has 1 saturated carbocycles. The first-order chi connectivity index (χ1) is 9.84. The van der Waals surface area contributed by atoms with Gasteiger partial charge in [-0.25, -0.2) is 4.98 Å². The minimum absolute atomic E-state index is 0.0240. The number of anilines is 2. The predicted molar refractivity (Wildman–Crippen MR) is 83.7 cm³/mol. The largest absolute Gasteiger partial charge is 0.382 e. The fraction of sp³-hybridized carbons (Fsp3) is 0.714. The highest BCUT2D eigenvalue weighted by Crippen LogP contribution is 2.32. The molecule has 1 aromatic rings.